The van der Waals surface area contributed by atoms with Crippen molar-refractivity contribution in [2.75, 3.05) is 0 Å². The molecular weight excluding hydrogens is 386 g/mol. The van der Waals surface area contributed by atoms with Gasteiger partial charge in [0.2, 0.25) is 12.3 Å². The van der Waals surface area contributed by atoms with E-state index in [0.717, 1.165) is 0 Å². The molecule has 0 aliphatic heterocycles. The minimum absolute atomic E-state index is 0. The third-order valence-corrected chi connectivity index (χ3v) is 0. The fourth-order valence-corrected chi connectivity index (χ4v) is 0. The first-order valence-electron chi connectivity index (χ1n) is 1.26. The Bertz CT molecular complexity index is 71.7. The molecule has 2 N–H and O–H groups in total. The standard InChI is InChI=1S/2CH2O3.2Cs/c2*2-1(3)4;;/h2*(H2,2,3,4);;/q;;2*+1/p-2. The molecule has 8 heteroatoms. The molecule has 0 saturated heterocycles. The molecule has 48 valence electrons. The third kappa shape index (κ3) is 142. The SMILES string of the molecule is O=C([O-])O.O=C([O-])O.[Cs+].[Cs+]. The van der Waals surface area contributed by atoms with Crippen LogP contribution in [0.3, 0.4) is 0 Å². The number of rotatable bonds is 0. The monoisotopic (exact) mass is 388 g/mol. The summed E-state index contributed by atoms with van der Waals surface area (Å²) in [5, 5.41) is 30.6. The summed E-state index contributed by atoms with van der Waals surface area (Å²) in [6.07, 6.45) is -4.17. The van der Waals surface area contributed by atoms with Gasteiger partial charge in [0.05, 0.1) is 0 Å². The van der Waals surface area contributed by atoms with E-state index in [4.69, 9.17) is 30.0 Å². The van der Waals surface area contributed by atoms with E-state index in [-0.39, 0.29) is 138 Å². The zero-order chi connectivity index (χ0) is 7.15. The summed E-state index contributed by atoms with van der Waals surface area (Å²) < 4.78 is 0. The normalized spacial score (nSPS) is 4.80. The van der Waals surface area contributed by atoms with Crippen molar-refractivity contribution < 1.29 is 168 Å². The van der Waals surface area contributed by atoms with E-state index < -0.39 is 12.3 Å². The second kappa shape index (κ2) is 17.7. The zero-order valence-corrected chi connectivity index (χ0v) is 18.1. The molecular formula is C2H2Cs2O6. The van der Waals surface area contributed by atoms with Crippen molar-refractivity contribution in [1.29, 1.82) is 0 Å². The average molecular weight is 388 g/mol. The molecule has 0 aromatic carbocycles. The van der Waals surface area contributed by atoms with Crippen LogP contribution in [0.5, 0.6) is 0 Å². The molecule has 0 amide bonds. The minimum Gasteiger partial charge on any atom is -0.565 e. The first kappa shape index (κ1) is 22.9. The van der Waals surface area contributed by atoms with Crippen LogP contribution in [0.4, 0.5) is 9.59 Å². The van der Waals surface area contributed by atoms with Gasteiger partial charge in [0.15, 0.2) is 0 Å². The Morgan fingerprint density at radius 3 is 0.900 bits per heavy atom. The number of hydrogen-bond acceptors (Lipinski definition) is 4. The molecule has 0 aromatic heterocycles. The van der Waals surface area contributed by atoms with Gasteiger partial charge in [0.1, 0.15) is 0 Å². The van der Waals surface area contributed by atoms with Crippen LogP contribution in [0.25, 0.3) is 0 Å². The van der Waals surface area contributed by atoms with Crippen molar-refractivity contribution >= 4 is 12.3 Å². The van der Waals surface area contributed by atoms with Crippen LogP contribution in [0.2, 0.25) is 0 Å². The van der Waals surface area contributed by atoms with Crippen LogP contribution in [0.1, 0.15) is 0 Å². The van der Waals surface area contributed by atoms with Gasteiger partial charge in [0, 0.05) is 0 Å². The molecule has 0 heterocycles. The van der Waals surface area contributed by atoms with Gasteiger partial charge in [-0.05, 0) is 0 Å². The van der Waals surface area contributed by atoms with Crippen LogP contribution in [-0.4, -0.2) is 22.5 Å². The molecule has 0 aliphatic carbocycles. The molecule has 0 bridgehead atoms. The van der Waals surface area contributed by atoms with Crippen LogP contribution < -0.4 is 148 Å². The van der Waals surface area contributed by atoms with Gasteiger partial charge in [-0.25, -0.2) is 0 Å². The number of hydrogen-bond donors (Lipinski definition) is 2. The fourth-order valence-electron chi connectivity index (χ4n) is 0. The molecule has 0 rings (SSSR count). The predicted octanol–water partition coefficient (Wildman–Crippen LogP) is -8.22. The summed E-state index contributed by atoms with van der Waals surface area (Å²) in [5.74, 6) is 0. The van der Waals surface area contributed by atoms with Crippen molar-refractivity contribution in [1.82, 2.24) is 0 Å². The van der Waals surface area contributed by atoms with Crippen LogP contribution >= 0.6 is 0 Å². The van der Waals surface area contributed by atoms with Gasteiger partial charge in [-0.1, -0.05) is 0 Å². The van der Waals surface area contributed by atoms with Crippen molar-refractivity contribution in [2.45, 2.75) is 0 Å². The molecule has 0 spiro atoms. The van der Waals surface area contributed by atoms with E-state index in [2.05, 4.69) is 0 Å². The second-order valence-corrected chi connectivity index (χ2v) is 0.532. The molecule has 10 heavy (non-hydrogen) atoms. The van der Waals surface area contributed by atoms with Gasteiger partial charge in [-0.3, -0.25) is 0 Å². The Labute approximate surface area is 174 Å². The van der Waals surface area contributed by atoms with Gasteiger partial charge in [-0.2, -0.15) is 0 Å². The first-order chi connectivity index (χ1) is 3.46. The molecule has 0 unspecified atom stereocenters. The molecule has 6 nitrogen and oxygen atoms in total. The Kier molecular flexibility index (Phi) is 40.5. The second-order valence-electron chi connectivity index (χ2n) is 0.532. The van der Waals surface area contributed by atoms with E-state index in [9.17, 15) is 0 Å². The summed E-state index contributed by atoms with van der Waals surface area (Å²) in [6, 6.07) is 0. The van der Waals surface area contributed by atoms with Gasteiger partial charge >= 0.3 is 138 Å². The maximum Gasteiger partial charge on any atom is 1.00 e. The van der Waals surface area contributed by atoms with Crippen LogP contribution in [0, 0.1) is 0 Å². The zero-order valence-electron chi connectivity index (χ0n) is 5.53. The molecule has 0 saturated carbocycles. The van der Waals surface area contributed by atoms with Crippen molar-refractivity contribution in [2.24, 2.45) is 0 Å². The third-order valence-electron chi connectivity index (χ3n) is 0. The Hall–Kier alpha value is 2.64. The van der Waals surface area contributed by atoms with Gasteiger partial charge < -0.3 is 30.0 Å². The van der Waals surface area contributed by atoms with Crippen LogP contribution in [-0.2, 0) is 0 Å². The van der Waals surface area contributed by atoms with E-state index in [1.54, 1.807) is 0 Å². The predicted molar refractivity (Wildman–Crippen MR) is 16.0 cm³/mol. The van der Waals surface area contributed by atoms with Gasteiger partial charge in [0.25, 0.3) is 0 Å². The molecule has 0 atom stereocenters. The molecule has 0 aromatic rings. The topological polar surface area (TPSA) is 121 Å². The number of carboxylic acid groups (broad SMARTS) is 4. The minimum atomic E-state index is -2.08. The van der Waals surface area contributed by atoms with E-state index in [0.29, 0.717) is 0 Å². The fraction of sp³-hybridized carbons (Fsp3) is 0. The largest absolute Gasteiger partial charge is 1.00 e. The maximum atomic E-state index is 8.44. The Morgan fingerprint density at radius 1 is 0.900 bits per heavy atom. The molecule has 0 radical (unpaired) electrons. The van der Waals surface area contributed by atoms with Crippen molar-refractivity contribution in [3.8, 4) is 0 Å². The summed E-state index contributed by atoms with van der Waals surface area (Å²) in [7, 11) is 0. The summed E-state index contributed by atoms with van der Waals surface area (Å²) >= 11 is 0. The van der Waals surface area contributed by atoms with Crippen molar-refractivity contribution in [3.63, 3.8) is 0 Å². The smallest absolute Gasteiger partial charge is 0.565 e. The van der Waals surface area contributed by atoms with Gasteiger partial charge in [-0.15, -0.1) is 0 Å². The summed E-state index contributed by atoms with van der Waals surface area (Å²) in [6.45, 7) is 0. The maximum absolute atomic E-state index is 8.44. The summed E-state index contributed by atoms with van der Waals surface area (Å²) in [5.41, 5.74) is 0. The molecule has 0 aliphatic rings. The van der Waals surface area contributed by atoms with Crippen LogP contribution in [0.15, 0.2) is 0 Å². The van der Waals surface area contributed by atoms with E-state index in [1.165, 1.54) is 0 Å². The van der Waals surface area contributed by atoms with E-state index >= 15 is 0 Å². The average Bonchev–Trinajstić information content (AvgIpc) is 1.25. The van der Waals surface area contributed by atoms with Crippen molar-refractivity contribution in [3.05, 3.63) is 0 Å². The molecule has 0 fully saturated rings. The number of carbonyl (C=O) groups is 2. The summed E-state index contributed by atoms with van der Waals surface area (Å²) in [4.78, 5) is 16.9. The van der Waals surface area contributed by atoms with E-state index in [1.807, 2.05) is 0 Å². The first-order valence-corrected chi connectivity index (χ1v) is 1.26. The Balaban J connectivity index is -0.0000000300. The quantitative estimate of drug-likeness (QED) is 0.426. The Morgan fingerprint density at radius 2 is 0.900 bits per heavy atom.